The maximum absolute atomic E-state index is 13.2. The topological polar surface area (TPSA) is 111 Å². The lowest BCUT2D eigenvalue weighted by Crippen LogP contribution is -2.41. The molecule has 1 aliphatic rings. The summed E-state index contributed by atoms with van der Waals surface area (Å²) in [5.74, 6) is 0.0249. The zero-order valence-corrected chi connectivity index (χ0v) is 17.4. The molecule has 1 saturated carbocycles. The standard InChI is InChI=1S/C22H26FN5O2/c1-13-8-15(23)4-6-17(13)18(29)12-26-21-25-11-14(10-24)20(28-21)27-16-5-7-19(30)22(2,3)9-16/h4,6,8,11,16,19,30H,5,7,9,12H2,1-3H3,(H2,25,26,27,28)/t16-,19+/m1/s1. The molecule has 158 valence electrons. The molecule has 1 heterocycles. The van der Waals surface area contributed by atoms with Crippen molar-refractivity contribution < 1.29 is 14.3 Å². The second-order valence-electron chi connectivity index (χ2n) is 8.43. The highest BCUT2D eigenvalue weighted by molar-refractivity contribution is 6.00. The van der Waals surface area contributed by atoms with E-state index >= 15 is 0 Å². The van der Waals surface area contributed by atoms with Gasteiger partial charge < -0.3 is 15.7 Å². The summed E-state index contributed by atoms with van der Waals surface area (Å²) in [5.41, 5.74) is 1.08. The second-order valence-corrected chi connectivity index (χ2v) is 8.43. The zero-order chi connectivity index (χ0) is 21.9. The van der Waals surface area contributed by atoms with E-state index in [1.165, 1.54) is 24.4 Å². The van der Waals surface area contributed by atoms with Crippen LogP contribution in [0.25, 0.3) is 0 Å². The highest BCUT2D eigenvalue weighted by Gasteiger charge is 2.35. The minimum Gasteiger partial charge on any atom is -0.393 e. The predicted octanol–water partition coefficient (Wildman–Crippen LogP) is 3.44. The molecule has 3 rings (SSSR count). The minimum absolute atomic E-state index is 0.0551. The summed E-state index contributed by atoms with van der Waals surface area (Å²) in [4.78, 5) is 20.9. The third-order valence-corrected chi connectivity index (χ3v) is 5.61. The van der Waals surface area contributed by atoms with Gasteiger partial charge in [-0.2, -0.15) is 10.2 Å². The Bertz CT molecular complexity index is 986. The molecule has 0 unspecified atom stereocenters. The normalized spacial score (nSPS) is 20.3. The first kappa shape index (κ1) is 21.7. The molecule has 0 amide bonds. The van der Waals surface area contributed by atoms with Gasteiger partial charge in [0.25, 0.3) is 0 Å². The number of aliphatic hydroxyl groups excluding tert-OH is 1. The van der Waals surface area contributed by atoms with E-state index in [1.807, 2.05) is 13.8 Å². The Labute approximate surface area is 175 Å². The van der Waals surface area contributed by atoms with Crippen molar-refractivity contribution in [3.05, 3.63) is 46.9 Å². The van der Waals surface area contributed by atoms with E-state index in [2.05, 4.69) is 26.7 Å². The molecule has 2 aromatic rings. The largest absolute Gasteiger partial charge is 0.393 e. The van der Waals surface area contributed by atoms with Gasteiger partial charge in [-0.25, -0.2) is 9.37 Å². The second kappa shape index (κ2) is 8.76. The molecule has 0 spiro atoms. The van der Waals surface area contributed by atoms with Crippen LogP contribution in [0.5, 0.6) is 0 Å². The van der Waals surface area contributed by atoms with Gasteiger partial charge in [-0.3, -0.25) is 4.79 Å². The molecule has 0 saturated heterocycles. The summed E-state index contributed by atoms with van der Waals surface area (Å²) in [7, 11) is 0. The predicted molar refractivity (Wildman–Crippen MR) is 112 cm³/mol. The third kappa shape index (κ3) is 4.92. The maximum Gasteiger partial charge on any atom is 0.225 e. The summed E-state index contributed by atoms with van der Waals surface area (Å²) < 4.78 is 13.2. The number of hydrogen-bond acceptors (Lipinski definition) is 7. The van der Waals surface area contributed by atoms with Gasteiger partial charge in [0.15, 0.2) is 5.78 Å². The number of Topliss-reactive ketones (excluding diaryl/α,β-unsaturated/α-hetero) is 1. The highest BCUT2D eigenvalue weighted by Crippen LogP contribution is 2.36. The van der Waals surface area contributed by atoms with Crippen LogP contribution in [0, 0.1) is 29.5 Å². The van der Waals surface area contributed by atoms with Gasteiger partial charge in [0.05, 0.1) is 18.8 Å². The molecule has 30 heavy (non-hydrogen) atoms. The fourth-order valence-corrected chi connectivity index (χ4v) is 3.79. The van der Waals surface area contributed by atoms with E-state index in [4.69, 9.17) is 0 Å². The van der Waals surface area contributed by atoms with E-state index in [9.17, 15) is 19.6 Å². The molecule has 7 nitrogen and oxygen atoms in total. The Morgan fingerprint density at radius 3 is 2.83 bits per heavy atom. The van der Waals surface area contributed by atoms with Gasteiger partial charge >= 0.3 is 0 Å². The summed E-state index contributed by atoms with van der Waals surface area (Å²) in [5, 5.41) is 25.7. The first-order valence-corrected chi connectivity index (χ1v) is 9.94. The van der Waals surface area contributed by atoms with Crippen LogP contribution in [0.1, 0.15) is 54.6 Å². The van der Waals surface area contributed by atoms with Crippen molar-refractivity contribution in [2.75, 3.05) is 17.2 Å². The van der Waals surface area contributed by atoms with Crippen molar-refractivity contribution in [3.8, 4) is 6.07 Å². The fourth-order valence-electron chi connectivity index (χ4n) is 3.79. The number of carbonyl (C=O) groups is 1. The molecule has 1 fully saturated rings. The summed E-state index contributed by atoms with van der Waals surface area (Å²) in [6.07, 6.45) is 3.25. The first-order valence-electron chi connectivity index (χ1n) is 9.94. The molecular weight excluding hydrogens is 385 g/mol. The molecular formula is C22H26FN5O2. The van der Waals surface area contributed by atoms with Gasteiger partial charge in [-0.1, -0.05) is 13.8 Å². The molecule has 2 atom stereocenters. The Balaban J connectivity index is 1.70. The summed E-state index contributed by atoms with van der Waals surface area (Å²) in [6.45, 7) is 5.67. The third-order valence-electron chi connectivity index (χ3n) is 5.61. The van der Waals surface area contributed by atoms with Gasteiger partial charge in [0.2, 0.25) is 5.95 Å². The number of nitrogens with one attached hydrogen (secondary N) is 2. The maximum atomic E-state index is 13.2. The number of nitriles is 1. The average Bonchev–Trinajstić information content (AvgIpc) is 2.69. The van der Waals surface area contributed by atoms with Crippen molar-refractivity contribution in [1.29, 1.82) is 5.26 Å². The Hall–Kier alpha value is -3.05. The molecule has 1 aromatic heterocycles. The van der Waals surface area contributed by atoms with E-state index < -0.39 is 0 Å². The van der Waals surface area contributed by atoms with Crippen LogP contribution in [0.3, 0.4) is 0 Å². The zero-order valence-electron chi connectivity index (χ0n) is 17.4. The summed E-state index contributed by atoms with van der Waals surface area (Å²) >= 11 is 0. The number of aryl methyl sites for hydroxylation is 1. The monoisotopic (exact) mass is 411 g/mol. The lowest BCUT2D eigenvalue weighted by atomic mass is 9.73. The number of benzene rings is 1. The van der Waals surface area contributed by atoms with Crippen LogP contribution in [0.15, 0.2) is 24.4 Å². The first-order chi connectivity index (χ1) is 14.2. The lowest BCUT2D eigenvalue weighted by molar-refractivity contribution is 0.00926. The van der Waals surface area contributed by atoms with Crippen LogP contribution in [0.2, 0.25) is 0 Å². The average molecular weight is 411 g/mol. The van der Waals surface area contributed by atoms with Crippen LogP contribution in [0.4, 0.5) is 16.2 Å². The van der Waals surface area contributed by atoms with Gasteiger partial charge in [0.1, 0.15) is 23.3 Å². The number of anilines is 2. The SMILES string of the molecule is Cc1cc(F)ccc1C(=O)CNc1ncc(C#N)c(N[C@@H]2CC[C@H](O)C(C)(C)C2)n1. The number of nitrogens with zero attached hydrogens (tertiary/aromatic N) is 3. The molecule has 3 N–H and O–H groups in total. The van der Waals surface area contributed by atoms with E-state index in [1.54, 1.807) is 6.92 Å². The smallest absolute Gasteiger partial charge is 0.225 e. The number of aromatic nitrogens is 2. The van der Waals surface area contributed by atoms with Crippen LogP contribution in [-0.4, -0.2) is 39.5 Å². The molecule has 0 aliphatic heterocycles. The number of ketones is 1. The molecule has 0 bridgehead atoms. The minimum atomic E-state index is -0.387. The van der Waals surface area contributed by atoms with Crippen molar-refractivity contribution in [1.82, 2.24) is 9.97 Å². The Morgan fingerprint density at radius 2 is 2.17 bits per heavy atom. The molecule has 8 heteroatoms. The van der Waals surface area contributed by atoms with E-state index in [0.29, 0.717) is 28.9 Å². The highest BCUT2D eigenvalue weighted by atomic mass is 19.1. The van der Waals surface area contributed by atoms with Crippen molar-refractivity contribution >= 4 is 17.5 Å². The van der Waals surface area contributed by atoms with Crippen molar-refractivity contribution in [3.63, 3.8) is 0 Å². The number of rotatable bonds is 6. The van der Waals surface area contributed by atoms with E-state index in [-0.39, 0.29) is 41.7 Å². The van der Waals surface area contributed by atoms with E-state index in [0.717, 1.165) is 12.8 Å². The number of aliphatic hydroxyl groups is 1. The summed E-state index contributed by atoms with van der Waals surface area (Å²) in [6, 6.07) is 6.18. The van der Waals surface area contributed by atoms with Gasteiger partial charge in [-0.05, 0) is 55.4 Å². The molecule has 1 aliphatic carbocycles. The molecule has 1 aromatic carbocycles. The van der Waals surface area contributed by atoms with Crippen molar-refractivity contribution in [2.24, 2.45) is 5.41 Å². The van der Waals surface area contributed by atoms with Crippen LogP contribution in [-0.2, 0) is 0 Å². The number of hydrogen-bond donors (Lipinski definition) is 3. The Kier molecular flexibility index (Phi) is 6.32. The number of carbonyl (C=O) groups excluding carboxylic acids is 1. The quantitative estimate of drug-likeness (QED) is 0.624. The van der Waals surface area contributed by atoms with Crippen LogP contribution < -0.4 is 10.6 Å². The Morgan fingerprint density at radius 1 is 1.40 bits per heavy atom. The van der Waals surface area contributed by atoms with Gasteiger partial charge in [0, 0.05) is 11.6 Å². The van der Waals surface area contributed by atoms with Crippen molar-refractivity contribution in [2.45, 2.75) is 52.2 Å². The number of halogens is 1. The van der Waals surface area contributed by atoms with Crippen LogP contribution >= 0.6 is 0 Å². The lowest BCUT2D eigenvalue weighted by Gasteiger charge is -2.40. The molecule has 0 radical (unpaired) electrons. The van der Waals surface area contributed by atoms with Gasteiger partial charge in [-0.15, -0.1) is 0 Å². The fraction of sp³-hybridized carbons (Fsp3) is 0.455.